The Hall–Kier alpha value is -3.45. The van der Waals surface area contributed by atoms with E-state index in [2.05, 4.69) is 25.5 Å². The Morgan fingerprint density at radius 2 is 1.93 bits per heavy atom. The molecule has 0 aliphatic carbocycles. The zero-order valence-corrected chi connectivity index (χ0v) is 15.3. The van der Waals surface area contributed by atoms with Crippen LogP contribution < -0.4 is 10.1 Å². The molecule has 6 nitrogen and oxygen atoms in total. The first-order valence-corrected chi connectivity index (χ1v) is 8.81. The van der Waals surface area contributed by atoms with E-state index in [0.717, 1.165) is 5.69 Å². The quantitative estimate of drug-likeness (QED) is 0.449. The van der Waals surface area contributed by atoms with Crippen LogP contribution in [0.2, 0.25) is 5.02 Å². The molecule has 0 saturated heterocycles. The first-order valence-electron chi connectivity index (χ1n) is 8.43. The van der Waals surface area contributed by atoms with Crippen molar-refractivity contribution in [1.82, 2.24) is 20.2 Å². The summed E-state index contributed by atoms with van der Waals surface area (Å²) < 4.78 is 18.7. The van der Waals surface area contributed by atoms with Crippen LogP contribution in [0.3, 0.4) is 0 Å². The normalized spacial score (nSPS) is 10.6. The number of hydrogen-bond donors (Lipinski definition) is 2. The third kappa shape index (κ3) is 4.10. The van der Waals surface area contributed by atoms with Gasteiger partial charge < -0.3 is 10.1 Å². The molecular weight excluding hydrogens is 381 g/mol. The summed E-state index contributed by atoms with van der Waals surface area (Å²) in [5.74, 6) is 2.27. The monoisotopic (exact) mass is 395 g/mol. The molecule has 0 spiro atoms. The number of pyridine rings is 1. The highest BCUT2D eigenvalue weighted by molar-refractivity contribution is 6.31. The van der Waals surface area contributed by atoms with Gasteiger partial charge in [0.2, 0.25) is 5.95 Å². The predicted molar refractivity (Wildman–Crippen MR) is 106 cm³/mol. The summed E-state index contributed by atoms with van der Waals surface area (Å²) in [5.41, 5.74) is 1.91. The molecule has 0 radical (unpaired) electrons. The zero-order chi connectivity index (χ0) is 19.3. The molecule has 4 rings (SSSR count). The van der Waals surface area contributed by atoms with E-state index < -0.39 is 6.67 Å². The van der Waals surface area contributed by atoms with Crippen molar-refractivity contribution in [2.45, 2.75) is 6.67 Å². The Labute approximate surface area is 165 Å². The number of rotatable bonds is 6. The fourth-order valence-corrected chi connectivity index (χ4v) is 2.72. The van der Waals surface area contributed by atoms with E-state index in [1.54, 1.807) is 30.6 Å². The molecular formula is C20H15ClFN5O. The van der Waals surface area contributed by atoms with Gasteiger partial charge in [-0.15, -0.1) is 5.10 Å². The van der Waals surface area contributed by atoms with Crippen LogP contribution >= 0.6 is 11.6 Å². The van der Waals surface area contributed by atoms with Gasteiger partial charge in [0.1, 0.15) is 18.2 Å². The summed E-state index contributed by atoms with van der Waals surface area (Å²) in [5, 5.41) is 10.5. The van der Waals surface area contributed by atoms with Crippen molar-refractivity contribution in [3.63, 3.8) is 0 Å². The number of aromatic amines is 1. The molecule has 0 aliphatic heterocycles. The van der Waals surface area contributed by atoms with Crippen molar-refractivity contribution in [3.05, 3.63) is 77.6 Å². The fourth-order valence-electron chi connectivity index (χ4n) is 2.55. The van der Waals surface area contributed by atoms with Crippen LogP contribution in [0.25, 0.3) is 11.4 Å². The molecule has 28 heavy (non-hydrogen) atoms. The highest BCUT2D eigenvalue weighted by Gasteiger charge is 2.09. The van der Waals surface area contributed by atoms with E-state index in [1.807, 2.05) is 36.4 Å². The van der Waals surface area contributed by atoms with E-state index in [0.29, 0.717) is 39.4 Å². The van der Waals surface area contributed by atoms with Crippen molar-refractivity contribution < 1.29 is 9.13 Å². The highest BCUT2D eigenvalue weighted by Crippen LogP contribution is 2.26. The van der Waals surface area contributed by atoms with Crippen LogP contribution in [0, 0.1) is 0 Å². The maximum atomic E-state index is 13.0. The van der Waals surface area contributed by atoms with Crippen LogP contribution in [0.15, 0.2) is 67.0 Å². The van der Waals surface area contributed by atoms with Gasteiger partial charge in [0, 0.05) is 28.0 Å². The molecule has 0 fully saturated rings. The topological polar surface area (TPSA) is 75.7 Å². The lowest BCUT2D eigenvalue weighted by atomic mass is 10.1. The number of nitrogens with zero attached hydrogens (tertiary/aromatic N) is 3. The third-order valence-corrected chi connectivity index (χ3v) is 4.30. The lowest BCUT2D eigenvalue weighted by molar-refractivity contribution is 0.480. The molecule has 0 atom stereocenters. The Morgan fingerprint density at radius 1 is 1.07 bits per heavy atom. The van der Waals surface area contributed by atoms with Gasteiger partial charge in [0.15, 0.2) is 5.82 Å². The predicted octanol–water partition coefficient (Wildman–Crippen LogP) is 5.53. The number of nitrogens with one attached hydrogen (secondary N) is 2. The number of anilines is 2. The van der Waals surface area contributed by atoms with E-state index in [1.165, 1.54) is 0 Å². The van der Waals surface area contributed by atoms with Gasteiger partial charge in [-0.05, 0) is 54.6 Å². The number of ether oxygens (including phenoxy) is 1. The number of aromatic nitrogens is 4. The average molecular weight is 396 g/mol. The van der Waals surface area contributed by atoms with Gasteiger partial charge in [0.25, 0.3) is 0 Å². The number of halogens is 2. The van der Waals surface area contributed by atoms with Gasteiger partial charge in [0.05, 0.1) is 6.20 Å². The minimum absolute atomic E-state index is 0.387. The summed E-state index contributed by atoms with van der Waals surface area (Å²) in [7, 11) is 0. The number of benzene rings is 2. The first-order chi connectivity index (χ1) is 13.7. The van der Waals surface area contributed by atoms with Crippen molar-refractivity contribution >= 4 is 23.2 Å². The number of hydrogen-bond acceptors (Lipinski definition) is 5. The van der Waals surface area contributed by atoms with Gasteiger partial charge in [-0.25, -0.2) is 4.39 Å². The molecule has 8 heteroatoms. The van der Waals surface area contributed by atoms with E-state index >= 15 is 0 Å². The second-order valence-electron chi connectivity index (χ2n) is 5.89. The SMILES string of the molecule is FCc1cc(-c2nc(Nc3ccc(Oc4cccnc4)cc3)n[nH]2)ccc1Cl. The van der Waals surface area contributed by atoms with Crippen LogP contribution in [0.1, 0.15) is 5.56 Å². The van der Waals surface area contributed by atoms with E-state index in [4.69, 9.17) is 16.3 Å². The minimum Gasteiger partial charge on any atom is -0.456 e. The molecule has 4 aromatic rings. The fraction of sp³-hybridized carbons (Fsp3) is 0.0500. The van der Waals surface area contributed by atoms with Crippen molar-refractivity contribution in [2.75, 3.05) is 5.32 Å². The second kappa shape index (κ2) is 8.06. The molecule has 2 heterocycles. The maximum absolute atomic E-state index is 13.0. The summed E-state index contributed by atoms with van der Waals surface area (Å²) >= 11 is 5.95. The summed E-state index contributed by atoms with van der Waals surface area (Å²) in [4.78, 5) is 8.40. The third-order valence-electron chi connectivity index (χ3n) is 3.93. The average Bonchev–Trinajstić information content (AvgIpc) is 3.19. The minimum atomic E-state index is -0.640. The van der Waals surface area contributed by atoms with Crippen LogP contribution in [0.4, 0.5) is 16.0 Å². The van der Waals surface area contributed by atoms with Gasteiger partial charge in [-0.3, -0.25) is 10.1 Å². The van der Waals surface area contributed by atoms with Crippen molar-refractivity contribution in [2.24, 2.45) is 0 Å². The van der Waals surface area contributed by atoms with Gasteiger partial charge >= 0.3 is 0 Å². The number of H-pyrrole nitrogens is 1. The van der Waals surface area contributed by atoms with Gasteiger partial charge in [-0.1, -0.05) is 11.6 Å². The van der Waals surface area contributed by atoms with Crippen molar-refractivity contribution in [3.8, 4) is 22.9 Å². The standard InChI is InChI=1S/C20H15ClFN5O/c21-18-8-3-13(10-14(18)11-22)19-25-20(27-26-19)24-15-4-6-16(7-5-15)28-17-2-1-9-23-12-17/h1-10,12H,11H2,(H2,24,25,26,27). The molecule has 0 bridgehead atoms. The smallest absolute Gasteiger partial charge is 0.246 e. The van der Waals surface area contributed by atoms with Gasteiger partial charge in [-0.2, -0.15) is 4.98 Å². The molecule has 0 aliphatic rings. The maximum Gasteiger partial charge on any atom is 0.246 e. The molecule has 2 aromatic heterocycles. The Kier molecular flexibility index (Phi) is 5.16. The Morgan fingerprint density at radius 3 is 2.68 bits per heavy atom. The Balaban J connectivity index is 1.45. The zero-order valence-electron chi connectivity index (χ0n) is 14.6. The molecule has 140 valence electrons. The first kappa shape index (κ1) is 17.9. The van der Waals surface area contributed by atoms with Crippen LogP contribution in [-0.4, -0.2) is 20.2 Å². The van der Waals surface area contributed by atoms with Crippen LogP contribution in [0.5, 0.6) is 11.5 Å². The molecule has 2 N–H and O–H groups in total. The second-order valence-corrected chi connectivity index (χ2v) is 6.29. The Bertz CT molecular complexity index is 1070. The number of alkyl halides is 1. The summed E-state index contributed by atoms with van der Waals surface area (Å²) in [6.07, 6.45) is 3.33. The molecule has 2 aromatic carbocycles. The van der Waals surface area contributed by atoms with E-state index in [-0.39, 0.29) is 0 Å². The molecule has 0 saturated carbocycles. The summed E-state index contributed by atoms with van der Waals surface area (Å²) in [6, 6.07) is 16.1. The largest absolute Gasteiger partial charge is 0.456 e. The van der Waals surface area contributed by atoms with E-state index in [9.17, 15) is 4.39 Å². The summed E-state index contributed by atoms with van der Waals surface area (Å²) in [6.45, 7) is -0.640. The lowest BCUT2D eigenvalue weighted by Gasteiger charge is -2.06. The van der Waals surface area contributed by atoms with Crippen LogP contribution in [-0.2, 0) is 6.67 Å². The molecule has 0 amide bonds. The highest BCUT2D eigenvalue weighted by atomic mass is 35.5. The lowest BCUT2D eigenvalue weighted by Crippen LogP contribution is -1.93. The van der Waals surface area contributed by atoms with Crippen molar-refractivity contribution in [1.29, 1.82) is 0 Å². The molecule has 0 unspecified atom stereocenters.